The second-order valence-corrected chi connectivity index (χ2v) is 3.96. The van der Waals surface area contributed by atoms with Gasteiger partial charge in [-0.15, -0.1) is 0 Å². The van der Waals surface area contributed by atoms with Gasteiger partial charge in [-0.2, -0.15) is 13.2 Å². The smallest absolute Gasteiger partial charge is 0.398 e. The average Bonchev–Trinajstić information content (AvgIpc) is 1.97. The van der Waals surface area contributed by atoms with Crippen molar-refractivity contribution in [1.29, 1.82) is 0 Å². The van der Waals surface area contributed by atoms with E-state index in [4.69, 9.17) is 17.3 Å². The lowest BCUT2D eigenvalue weighted by Crippen LogP contribution is -2.09. The molecule has 0 fully saturated rings. The van der Waals surface area contributed by atoms with Crippen molar-refractivity contribution in [2.24, 2.45) is 0 Å². The zero-order chi connectivity index (χ0) is 11.1. The lowest BCUT2D eigenvalue weighted by atomic mass is 10.1. The summed E-state index contributed by atoms with van der Waals surface area (Å²) in [6.07, 6.45) is -4.46. The van der Waals surface area contributed by atoms with Gasteiger partial charge >= 0.3 is 6.18 Å². The van der Waals surface area contributed by atoms with Crippen LogP contribution in [0.4, 0.5) is 18.9 Å². The van der Waals surface area contributed by atoms with Crippen LogP contribution in [0.1, 0.15) is 11.1 Å². The van der Waals surface area contributed by atoms with Crippen molar-refractivity contribution < 1.29 is 13.2 Å². The summed E-state index contributed by atoms with van der Waals surface area (Å²) in [5.41, 5.74) is 4.79. The van der Waals surface area contributed by atoms with Crippen molar-refractivity contribution in [3.05, 3.63) is 26.7 Å². The number of alkyl halides is 3. The molecular weight excluding hydrogens is 282 g/mol. The Bertz CT molecular complexity index is 376. The monoisotopic (exact) mass is 287 g/mol. The number of hydrogen-bond acceptors (Lipinski definition) is 1. The van der Waals surface area contributed by atoms with Crippen LogP contribution in [-0.4, -0.2) is 0 Å². The molecule has 0 aromatic heterocycles. The van der Waals surface area contributed by atoms with E-state index in [1.165, 1.54) is 6.92 Å². The van der Waals surface area contributed by atoms with Crippen molar-refractivity contribution in [3.8, 4) is 0 Å². The van der Waals surface area contributed by atoms with Crippen molar-refractivity contribution >= 4 is 33.2 Å². The maximum Gasteiger partial charge on any atom is 0.418 e. The summed E-state index contributed by atoms with van der Waals surface area (Å²) >= 11 is 8.44. The van der Waals surface area contributed by atoms with E-state index in [9.17, 15) is 13.2 Å². The molecule has 6 heteroatoms. The Balaban J connectivity index is 3.53. The molecule has 0 aliphatic carbocycles. The van der Waals surface area contributed by atoms with Gasteiger partial charge in [0.1, 0.15) is 0 Å². The fourth-order valence-electron chi connectivity index (χ4n) is 1.13. The molecule has 0 heterocycles. The second-order valence-electron chi connectivity index (χ2n) is 2.76. The van der Waals surface area contributed by atoms with E-state index in [0.29, 0.717) is 0 Å². The Kier molecular flexibility index (Phi) is 3.02. The molecule has 0 atom stereocenters. The molecule has 1 rings (SSSR count). The van der Waals surface area contributed by atoms with Gasteiger partial charge in [0, 0.05) is 10.2 Å². The molecule has 0 aliphatic heterocycles. The van der Waals surface area contributed by atoms with Gasteiger partial charge < -0.3 is 5.73 Å². The van der Waals surface area contributed by atoms with Crippen LogP contribution in [-0.2, 0) is 6.18 Å². The zero-order valence-electron chi connectivity index (χ0n) is 7.04. The number of benzene rings is 1. The lowest BCUT2D eigenvalue weighted by molar-refractivity contribution is -0.137. The molecule has 78 valence electrons. The van der Waals surface area contributed by atoms with E-state index < -0.39 is 11.7 Å². The molecule has 1 aromatic carbocycles. The fraction of sp³-hybridized carbons (Fsp3) is 0.250. The van der Waals surface area contributed by atoms with Crippen molar-refractivity contribution in [3.63, 3.8) is 0 Å². The summed E-state index contributed by atoms with van der Waals surface area (Å²) in [5, 5.41) is -0.379. The second kappa shape index (κ2) is 3.62. The minimum absolute atomic E-state index is 0.00231. The summed E-state index contributed by atoms with van der Waals surface area (Å²) < 4.78 is 37.7. The van der Waals surface area contributed by atoms with Crippen LogP contribution in [0.25, 0.3) is 0 Å². The quantitative estimate of drug-likeness (QED) is 0.717. The van der Waals surface area contributed by atoms with Crippen LogP contribution in [0.3, 0.4) is 0 Å². The zero-order valence-corrected chi connectivity index (χ0v) is 9.39. The van der Waals surface area contributed by atoms with Gasteiger partial charge in [0.25, 0.3) is 0 Å². The number of rotatable bonds is 0. The fourth-order valence-corrected chi connectivity index (χ4v) is 1.80. The van der Waals surface area contributed by atoms with Crippen molar-refractivity contribution in [2.45, 2.75) is 13.1 Å². The van der Waals surface area contributed by atoms with E-state index >= 15 is 0 Å². The molecule has 0 spiro atoms. The molecule has 2 N–H and O–H groups in total. The summed E-state index contributed by atoms with van der Waals surface area (Å²) in [4.78, 5) is 0. The maximum atomic E-state index is 12.5. The van der Waals surface area contributed by atoms with Crippen LogP contribution < -0.4 is 5.73 Å². The lowest BCUT2D eigenvalue weighted by Gasteiger charge is -2.14. The number of hydrogen-bond donors (Lipinski definition) is 1. The predicted octanol–water partition coefficient (Wildman–Crippen LogP) is 4.01. The van der Waals surface area contributed by atoms with Gasteiger partial charge in [-0.3, -0.25) is 0 Å². The molecule has 0 amide bonds. The third kappa shape index (κ3) is 1.98. The van der Waals surface area contributed by atoms with E-state index in [2.05, 4.69) is 15.9 Å². The molecule has 0 aliphatic rings. The third-order valence-electron chi connectivity index (χ3n) is 1.76. The molecule has 14 heavy (non-hydrogen) atoms. The Morgan fingerprint density at radius 1 is 1.43 bits per heavy atom. The molecule has 0 unspecified atom stereocenters. The summed E-state index contributed by atoms with van der Waals surface area (Å²) in [6, 6.07) is 1.08. The standard InChI is InChI=1S/C8H6BrClF3N/c1-3-6(8(11,12)13)4(10)2-5(14)7(3)9/h2H,14H2,1H3. The van der Waals surface area contributed by atoms with Gasteiger partial charge in [0.2, 0.25) is 0 Å². The third-order valence-corrected chi connectivity index (χ3v) is 3.11. The molecule has 0 radical (unpaired) electrons. The Hall–Kier alpha value is -0.420. The highest BCUT2D eigenvalue weighted by Gasteiger charge is 2.36. The average molecular weight is 288 g/mol. The van der Waals surface area contributed by atoms with E-state index in [0.717, 1.165) is 6.07 Å². The highest BCUT2D eigenvalue weighted by Crippen LogP contribution is 2.41. The molecule has 1 nitrogen and oxygen atoms in total. The molecule has 0 bridgehead atoms. The predicted molar refractivity (Wildman–Crippen MR) is 53.3 cm³/mol. The van der Waals surface area contributed by atoms with Crippen molar-refractivity contribution in [1.82, 2.24) is 0 Å². The van der Waals surface area contributed by atoms with Crippen LogP contribution in [0.2, 0.25) is 5.02 Å². The van der Waals surface area contributed by atoms with Gasteiger partial charge in [-0.05, 0) is 34.5 Å². The Labute approximate surface area is 92.2 Å². The first-order chi connectivity index (χ1) is 6.25. The maximum absolute atomic E-state index is 12.5. The summed E-state index contributed by atoms with van der Waals surface area (Å²) in [6.45, 7) is 1.31. The molecule has 0 saturated carbocycles. The van der Waals surface area contributed by atoms with Gasteiger partial charge in [-0.25, -0.2) is 0 Å². The number of halogens is 5. The topological polar surface area (TPSA) is 26.0 Å². The molecule has 1 aromatic rings. The van der Waals surface area contributed by atoms with Gasteiger partial charge in [0.15, 0.2) is 0 Å². The highest BCUT2D eigenvalue weighted by molar-refractivity contribution is 9.10. The highest BCUT2D eigenvalue weighted by atomic mass is 79.9. The molecular formula is C8H6BrClF3N. The van der Waals surface area contributed by atoms with E-state index in [1.807, 2.05) is 0 Å². The number of nitrogens with two attached hydrogens (primary N) is 1. The summed E-state index contributed by atoms with van der Waals surface area (Å²) in [7, 11) is 0. The van der Waals surface area contributed by atoms with Crippen LogP contribution in [0, 0.1) is 6.92 Å². The van der Waals surface area contributed by atoms with Gasteiger partial charge in [-0.1, -0.05) is 11.6 Å². The largest absolute Gasteiger partial charge is 0.418 e. The summed E-state index contributed by atoms with van der Waals surface area (Å²) in [5.74, 6) is 0. The first-order valence-electron chi connectivity index (χ1n) is 3.56. The van der Waals surface area contributed by atoms with Crippen molar-refractivity contribution in [2.75, 3.05) is 5.73 Å². The number of anilines is 1. The van der Waals surface area contributed by atoms with E-state index in [-0.39, 0.29) is 20.7 Å². The Morgan fingerprint density at radius 3 is 2.36 bits per heavy atom. The normalized spacial score (nSPS) is 11.9. The first kappa shape index (κ1) is 11.7. The minimum Gasteiger partial charge on any atom is -0.398 e. The molecule has 0 saturated heterocycles. The van der Waals surface area contributed by atoms with Crippen LogP contribution in [0.15, 0.2) is 10.5 Å². The van der Waals surface area contributed by atoms with E-state index in [1.54, 1.807) is 0 Å². The number of nitrogen functional groups attached to an aromatic ring is 1. The minimum atomic E-state index is -4.46. The first-order valence-corrected chi connectivity index (χ1v) is 4.73. The van der Waals surface area contributed by atoms with Crippen LogP contribution in [0.5, 0.6) is 0 Å². The van der Waals surface area contributed by atoms with Gasteiger partial charge in [0.05, 0.1) is 10.6 Å². The Morgan fingerprint density at radius 2 is 1.93 bits per heavy atom. The SMILES string of the molecule is Cc1c(Br)c(N)cc(Cl)c1C(F)(F)F. The van der Waals surface area contributed by atoms with Crippen LogP contribution >= 0.6 is 27.5 Å².